The zero-order valence-electron chi connectivity index (χ0n) is 11.8. The van der Waals surface area contributed by atoms with E-state index in [9.17, 15) is 0 Å². The highest BCUT2D eigenvalue weighted by Gasteiger charge is 2.21. The lowest BCUT2D eigenvalue weighted by Gasteiger charge is -2.20. The van der Waals surface area contributed by atoms with Gasteiger partial charge in [-0.15, -0.1) is 0 Å². The summed E-state index contributed by atoms with van der Waals surface area (Å²) in [5.74, 6) is 0.462. The van der Waals surface area contributed by atoms with Gasteiger partial charge in [-0.2, -0.15) is 0 Å². The van der Waals surface area contributed by atoms with E-state index in [4.69, 9.17) is 19.3 Å². The molecule has 0 aliphatic carbocycles. The van der Waals surface area contributed by atoms with Gasteiger partial charge in [0.25, 0.3) is 0 Å². The predicted octanol–water partition coefficient (Wildman–Crippen LogP) is 2.17. The monoisotopic (exact) mass is 267 g/mol. The Labute approximate surface area is 113 Å². The molecule has 0 aliphatic heterocycles. The smallest absolute Gasteiger partial charge is 0.222 e. The van der Waals surface area contributed by atoms with Gasteiger partial charge in [0.15, 0.2) is 6.29 Å². The van der Waals surface area contributed by atoms with Gasteiger partial charge in [0.1, 0.15) is 0 Å². The summed E-state index contributed by atoms with van der Waals surface area (Å²) in [6.07, 6.45) is 3.65. The van der Waals surface area contributed by atoms with E-state index in [1.165, 1.54) is 0 Å². The number of rotatable bonds is 7. The Bertz CT molecular complexity index is 427. The van der Waals surface area contributed by atoms with Crippen LogP contribution >= 0.6 is 0 Å². The first-order chi connectivity index (χ1) is 9.23. The van der Waals surface area contributed by atoms with E-state index in [2.05, 4.69) is 4.98 Å². The van der Waals surface area contributed by atoms with E-state index in [-0.39, 0.29) is 6.61 Å². The summed E-state index contributed by atoms with van der Waals surface area (Å²) in [5.41, 5.74) is 2.64. The molecular formula is C14H21NO4. The van der Waals surface area contributed by atoms with Gasteiger partial charge in [0, 0.05) is 20.4 Å². The highest BCUT2D eigenvalue weighted by molar-refractivity contribution is 5.69. The molecule has 5 nitrogen and oxygen atoms in total. The zero-order chi connectivity index (χ0) is 14.3. The van der Waals surface area contributed by atoms with Gasteiger partial charge >= 0.3 is 0 Å². The number of pyridine rings is 1. The van der Waals surface area contributed by atoms with E-state index in [0.717, 1.165) is 23.1 Å². The Hall–Kier alpha value is -1.43. The second-order valence-electron chi connectivity index (χ2n) is 3.85. The van der Waals surface area contributed by atoms with Crippen LogP contribution in [-0.4, -0.2) is 38.0 Å². The van der Waals surface area contributed by atoms with E-state index in [1.54, 1.807) is 33.6 Å². The SMILES string of the molecule is CCC(=CCO)c1ccnc(OC)c1C(OC)OC. The van der Waals surface area contributed by atoms with Gasteiger partial charge in [-0.25, -0.2) is 4.98 Å². The van der Waals surface area contributed by atoms with Gasteiger partial charge < -0.3 is 19.3 Å². The molecule has 0 saturated carbocycles. The highest BCUT2D eigenvalue weighted by atomic mass is 16.7. The number of aliphatic hydroxyl groups excluding tert-OH is 1. The van der Waals surface area contributed by atoms with Crippen LogP contribution in [0.5, 0.6) is 5.88 Å². The summed E-state index contributed by atoms with van der Waals surface area (Å²) < 4.78 is 15.9. The molecule has 0 bridgehead atoms. The number of nitrogens with zero attached hydrogens (tertiary/aromatic N) is 1. The van der Waals surface area contributed by atoms with Crippen molar-refractivity contribution in [3.63, 3.8) is 0 Å². The Morgan fingerprint density at radius 2 is 2.05 bits per heavy atom. The first kappa shape index (κ1) is 15.6. The molecule has 0 amide bonds. The molecule has 0 aliphatic rings. The molecule has 1 aromatic rings. The molecule has 1 rings (SSSR count). The molecule has 1 aromatic heterocycles. The van der Waals surface area contributed by atoms with Crippen molar-refractivity contribution in [1.29, 1.82) is 0 Å². The lowest BCUT2D eigenvalue weighted by Crippen LogP contribution is -2.10. The summed E-state index contributed by atoms with van der Waals surface area (Å²) in [7, 11) is 4.68. The minimum Gasteiger partial charge on any atom is -0.481 e. The first-order valence-electron chi connectivity index (χ1n) is 6.12. The number of hydrogen-bond acceptors (Lipinski definition) is 5. The minimum atomic E-state index is -0.563. The summed E-state index contributed by atoms with van der Waals surface area (Å²) in [6, 6.07) is 1.87. The third-order valence-electron chi connectivity index (χ3n) is 2.88. The lowest BCUT2D eigenvalue weighted by atomic mass is 9.98. The van der Waals surface area contributed by atoms with Crippen molar-refractivity contribution < 1.29 is 19.3 Å². The van der Waals surface area contributed by atoms with Crippen molar-refractivity contribution in [2.75, 3.05) is 27.9 Å². The maximum absolute atomic E-state index is 9.11. The number of aliphatic hydroxyl groups is 1. The normalized spacial score (nSPS) is 12.0. The van der Waals surface area contributed by atoms with Crippen molar-refractivity contribution >= 4 is 5.57 Å². The van der Waals surface area contributed by atoms with Gasteiger partial charge in [-0.05, 0) is 23.6 Å². The summed E-state index contributed by atoms with van der Waals surface area (Å²) in [5, 5.41) is 9.11. The minimum absolute atomic E-state index is 0.0160. The Balaban J connectivity index is 3.41. The summed E-state index contributed by atoms with van der Waals surface area (Å²) in [6.45, 7) is 2.00. The fraction of sp³-hybridized carbons (Fsp3) is 0.500. The maximum Gasteiger partial charge on any atom is 0.222 e. The highest BCUT2D eigenvalue weighted by Crippen LogP contribution is 2.34. The standard InChI is InChI=1S/C14H21NO4/c1-5-10(7-9-16)11-6-8-15-13(17-2)12(11)14(18-3)19-4/h6-8,14,16H,5,9H2,1-4H3. The van der Waals surface area contributed by atoms with Crippen molar-refractivity contribution in [2.24, 2.45) is 0 Å². The molecule has 0 unspecified atom stereocenters. The van der Waals surface area contributed by atoms with Gasteiger partial charge in [0.2, 0.25) is 5.88 Å². The second-order valence-corrected chi connectivity index (χ2v) is 3.85. The summed E-state index contributed by atoms with van der Waals surface area (Å²) in [4.78, 5) is 4.18. The van der Waals surface area contributed by atoms with Crippen molar-refractivity contribution in [1.82, 2.24) is 4.98 Å². The number of allylic oxidation sites excluding steroid dienone is 1. The molecule has 0 saturated heterocycles. The fourth-order valence-corrected chi connectivity index (χ4v) is 2.01. The number of ether oxygens (including phenoxy) is 3. The largest absolute Gasteiger partial charge is 0.481 e. The van der Waals surface area contributed by atoms with E-state index < -0.39 is 6.29 Å². The molecule has 19 heavy (non-hydrogen) atoms. The number of methoxy groups -OCH3 is 3. The molecule has 1 heterocycles. The molecule has 0 spiro atoms. The average molecular weight is 267 g/mol. The topological polar surface area (TPSA) is 60.8 Å². The van der Waals surface area contributed by atoms with Crippen molar-refractivity contribution in [3.05, 3.63) is 29.5 Å². The van der Waals surface area contributed by atoms with Crippen molar-refractivity contribution in [3.8, 4) is 5.88 Å². The van der Waals surface area contributed by atoms with Crippen LogP contribution in [0.3, 0.4) is 0 Å². The number of aromatic nitrogens is 1. The molecule has 1 N–H and O–H groups in total. The van der Waals surface area contributed by atoms with Gasteiger partial charge in [0.05, 0.1) is 19.3 Å². The predicted molar refractivity (Wildman–Crippen MR) is 72.9 cm³/mol. The second kappa shape index (κ2) is 7.89. The van der Waals surface area contributed by atoms with Crippen LogP contribution in [0.25, 0.3) is 5.57 Å². The van der Waals surface area contributed by atoms with E-state index >= 15 is 0 Å². The lowest BCUT2D eigenvalue weighted by molar-refractivity contribution is -0.107. The zero-order valence-corrected chi connectivity index (χ0v) is 11.8. The van der Waals surface area contributed by atoms with Crippen LogP contribution in [0.15, 0.2) is 18.3 Å². The Morgan fingerprint density at radius 3 is 2.53 bits per heavy atom. The van der Waals surface area contributed by atoms with Crippen molar-refractivity contribution in [2.45, 2.75) is 19.6 Å². The quantitative estimate of drug-likeness (QED) is 0.767. The number of hydrogen-bond donors (Lipinski definition) is 1. The van der Waals surface area contributed by atoms with E-state index in [0.29, 0.717) is 5.88 Å². The maximum atomic E-state index is 9.11. The van der Waals surface area contributed by atoms with Crippen LogP contribution in [0.2, 0.25) is 0 Å². The van der Waals surface area contributed by atoms with Crippen LogP contribution in [0.4, 0.5) is 0 Å². The van der Waals surface area contributed by atoms with Crippen LogP contribution in [0.1, 0.15) is 30.8 Å². The summed E-state index contributed by atoms with van der Waals surface area (Å²) >= 11 is 0. The fourth-order valence-electron chi connectivity index (χ4n) is 2.01. The molecular weight excluding hydrogens is 246 g/mol. The molecule has 106 valence electrons. The molecule has 5 heteroatoms. The Morgan fingerprint density at radius 1 is 1.37 bits per heavy atom. The third-order valence-corrected chi connectivity index (χ3v) is 2.88. The van der Waals surface area contributed by atoms with Gasteiger partial charge in [-0.3, -0.25) is 0 Å². The average Bonchev–Trinajstić information content (AvgIpc) is 2.46. The molecule has 0 radical (unpaired) electrons. The molecule has 0 fully saturated rings. The molecule has 0 atom stereocenters. The third kappa shape index (κ3) is 3.53. The van der Waals surface area contributed by atoms with E-state index in [1.807, 2.05) is 13.0 Å². The Kier molecular flexibility index (Phi) is 6.49. The van der Waals surface area contributed by atoms with Crippen LogP contribution in [0, 0.1) is 0 Å². The van der Waals surface area contributed by atoms with Crippen LogP contribution in [-0.2, 0) is 9.47 Å². The van der Waals surface area contributed by atoms with Gasteiger partial charge in [-0.1, -0.05) is 13.0 Å². The van der Waals surface area contributed by atoms with Crippen LogP contribution < -0.4 is 4.74 Å². The molecule has 0 aromatic carbocycles. The first-order valence-corrected chi connectivity index (χ1v) is 6.12.